The smallest absolute Gasteiger partial charge is 0.274 e. The third kappa shape index (κ3) is 4.55. The highest BCUT2D eigenvalue weighted by atomic mass is 16.4. The molecule has 1 amide bonds. The number of nitrogens with one attached hydrogen (secondary N) is 1. The number of hydrogen-bond donors (Lipinski definition) is 1. The molecule has 0 bridgehead atoms. The fourth-order valence-corrected chi connectivity index (χ4v) is 3.23. The molecule has 1 N–H and O–H groups in total. The van der Waals surface area contributed by atoms with Crippen molar-refractivity contribution in [2.24, 2.45) is 0 Å². The van der Waals surface area contributed by atoms with Gasteiger partial charge in [0.05, 0.1) is 12.2 Å². The van der Waals surface area contributed by atoms with E-state index in [9.17, 15) is 4.79 Å². The summed E-state index contributed by atoms with van der Waals surface area (Å²) in [5, 5.41) is 11.1. The molecule has 4 rings (SSSR count). The van der Waals surface area contributed by atoms with E-state index in [4.69, 9.17) is 4.42 Å². The van der Waals surface area contributed by atoms with Gasteiger partial charge in [-0.15, -0.1) is 5.10 Å². The minimum Gasteiger partial charge on any atom is -0.441 e. The van der Waals surface area contributed by atoms with Crippen molar-refractivity contribution in [3.05, 3.63) is 88.1 Å². The topological polar surface area (TPSA) is 85.8 Å². The molecule has 0 fully saturated rings. The molecule has 31 heavy (non-hydrogen) atoms. The Morgan fingerprint density at radius 1 is 0.968 bits per heavy atom. The number of carbonyl (C=O) groups excluding carboxylic acids is 1. The van der Waals surface area contributed by atoms with Gasteiger partial charge in [-0.2, -0.15) is 0 Å². The Balaban J connectivity index is 1.46. The SMILES string of the molecule is Cc1ccc(CNC(=O)c2nnn(Cc3nc(-c4ccc(C)cc4)oc3C)c2C)cc1. The fourth-order valence-electron chi connectivity index (χ4n) is 3.23. The highest BCUT2D eigenvalue weighted by Crippen LogP contribution is 2.23. The fraction of sp³-hybridized carbons (Fsp3) is 0.250. The zero-order chi connectivity index (χ0) is 22.0. The van der Waals surface area contributed by atoms with E-state index in [1.807, 2.05) is 76.2 Å². The van der Waals surface area contributed by atoms with Crippen LogP contribution in [0.1, 0.15) is 44.3 Å². The lowest BCUT2D eigenvalue weighted by Gasteiger charge is -2.05. The van der Waals surface area contributed by atoms with Gasteiger partial charge in [-0.1, -0.05) is 52.7 Å². The average molecular weight is 415 g/mol. The van der Waals surface area contributed by atoms with Crippen molar-refractivity contribution < 1.29 is 9.21 Å². The number of benzene rings is 2. The maximum atomic E-state index is 12.6. The molecule has 2 aromatic carbocycles. The first kappa shape index (κ1) is 20.5. The Labute approximate surface area is 181 Å². The van der Waals surface area contributed by atoms with Gasteiger partial charge in [0.15, 0.2) is 5.69 Å². The molecule has 0 saturated carbocycles. The predicted octanol–water partition coefficient (Wildman–Crippen LogP) is 4.15. The largest absolute Gasteiger partial charge is 0.441 e. The van der Waals surface area contributed by atoms with E-state index in [-0.39, 0.29) is 5.91 Å². The first-order chi connectivity index (χ1) is 14.9. The van der Waals surface area contributed by atoms with Gasteiger partial charge in [0.2, 0.25) is 5.89 Å². The van der Waals surface area contributed by atoms with E-state index in [1.54, 1.807) is 4.68 Å². The van der Waals surface area contributed by atoms with E-state index in [0.29, 0.717) is 30.4 Å². The number of amides is 1. The summed E-state index contributed by atoms with van der Waals surface area (Å²) in [5.74, 6) is 1.04. The van der Waals surface area contributed by atoms with Gasteiger partial charge < -0.3 is 9.73 Å². The first-order valence-electron chi connectivity index (χ1n) is 10.2. The van der Waals surface area contributed by atoms with E-state index in [1.165, 1.54) is 11.1 Å². The van der Waals surface area contributed by atoms with E-state index in [0.717, 1.165) is 22.6 Å². The number of hydrogen-bond acceptors (Lipinski definition) is 5. The predicted molar refractivity (Wildman–Crippen MR) is 118 cm³/mol. The van der Waals surface area contributed by atoms with Crippen molar-refractivity contribution in [2.45, 2.75) is 40.8 Å². The average Bonchev–Trinajstić information content (AvgIpc) is 3.31. The summed E-state index contributed by atoms with van der Waals surface area (Å²) in [6, 6.07) is 16.1. The molecule has 7 heteroatoms. The van der Waals surface area contributed by atoms with Crippen LogP contribution in [0.5, 0.6) is 0 Å². The highest BCUT2D eigenvalue weighted by molar-refractivity contribution is 5.93. The number of oxazole rings is 1. The molecule has 2 aromatic heterocycles. The Morgan fingerprint density at radius 2 is 1.61 bits per heavy atom. The van der Waals surface area contributed by atoms with Crippen LogP contribution >= 0.6 is 0 Å². The third-order valence-corrected chi connectivity index (χ3v) is 5.26. The molecule has 0 aliphatic heterocycles. The zero-order valence-electron chi connectivity index (χ0n) is 18.1. The number of aryl methyl sites for hydroxylation is 3. The zero-order valence-corrected chi connectivity index (χ0v) is 18.1. The minimum atomic E-state index is -0.249. The van der Waals surface area contributed by atoms with Gasteiger partial charge in [0.25, 0.3) is 5.91 Å². The van der Waals surface area contributed by atoms with Crippen LogP contribution in [0.3, 0.4) is 0 Å². The number of rotatable bonds is 6. The lowest BCUT2D eigenvalue weighted by molar-refractivity contribution is 0.0945. The van der Waals surface area contributed by atoms with Crippen LogP contribution in [0.4, 0.5) is 0 Å². The van der Waals surface area contributed by atoms with E-state index < -0.39 is 0 Å². The van der Waals surface area contributed by atoms with Crippen LogP contribution in [0.25, 0.3) is 11.5 Å². The maximum Gasteiger partial charge on any atom is 0.274 e. The summed E-state index contributed by atoms with van der Waals surface area (Å²) in [6.07, 6.45) is 0. The van der Waals surface area contributed by atoms with Crippen molar-refractivity contribution in [1.29, 1.82) is 0 Å². The normalized spacial score (nSPS) is 11.0. The summed E-state index contributed by atoms with van der Waals surface area (Å²) in [6.45, 7) is 8.60. The highest BCUT2D eigenvalue weighted by Gasteiger charge is 2.19. The van der Waals surface area contributed by atoms with Gasteiger partial charge in [0, 0.05) is 12.1 Å². The molecule has 2 heterocycles. The molecular formula is C24H25N5O2. The van der Waals surface area contributed by atoms with E-state index in [2.05, 4.69) is 20.6 Å². The molecule has 0 radical (unpaired) electrons. The first-order valence-corrected chi connectivity index (χ1v) is 10.2. The molecule has 0 spiro atoms. The summed E-state index contributed by atoms with van der Waals surface area (Å²) >= 11 is 0. The summed E-state index contributed by atoms with van der Waals surface area (Å²) in [7, 11) is 0. The Hall–Kier alpha value is -3.74. The van der Waals surface area contributed by atoms with Crippen LogP contribution in [-0.2, 0) is 13.1 Å². The van der Waals surface area contributed by atoms with Crippen molar-refractivity contribution in [3.8, 4) is 11.5 Å². The van der Waals surface area contributed by atoms with Gasteiger partial charge in [-0.05, 0) is 45.4 Å². The molecule has 0 unspecified atom stereocenters. The Bertz CT molecular complexity index is 1200. The van der Waals surface area contributed by atoms with Crippen molar-refractivity contribution in [2.75, 3.05) is 0 Å². The van der Waals surface area contributed by atoms with Crippen molar-refractivity contribution in [3.63, 3.8) is 0 Å². The van der Waals surface area contributed by atoms with Gasteiger partial charge in [-0.3, -0.25) is 4.79 Å². The van der Waals surface area contributed by atoms with Crippen LogP contribution in [0, 0.1) is 27.7 Å². The summed E-state index contributed by atoms with van der Waals surface area (Å²) in [4.78, 5) is 17.2. The van der Waals surface area contributed by atoms with Crippen molar-refractivity contribution >= 4 is 5.91 Å². The molecule has 0 aliphatic carbocycles. The molecular weight excluding hydrogens is 390 g/mol. The molecule has 0 saturated heterocycles. The van der Waals surface area contributed by atoms with Crippen LogP contribution in [0.15, 0.2) is 52.9 Å². The standard InChI is InChI=1S/C24H25N5O2/c1-15-5-9-19(10-6-15)13-25-23(30)22-17(3)29(28-27-22)14-21-18(4)31-24(26-21)20-11-7-16(2)8-12-20/h5-12H,13-14H2,1-4H3,(H,25,30). The third-order valence-electron chi connectivity index (χ3n) is 5.26. The van der Waals surface area contributed by atoms with Gasteiger partial charge >= 0.3 is 0 Å². The van der Waals surface area contributed by atoms with Crippen molar-refractivity contribution in [1.82, 2.24) is 25.3 Å². The Morgan fingerprint density at radius 3 is 2.29 bits per heavy atom. The van der Waals surface area contributed by atoms with Gasteiger partial charge in [-0.25, -0.2) is 9.67 Å². The minimum absolute atomic E-state index is 0.249. The number of nitrogens with zero attached hydrogens (tertiary/aromatic N) is 4. The molecule has 7 nitrogen and oxygen atoms in total. The second-order valence-corrected chi connectivity index (χ2v) is 7.74. The van der Waals surface area contributed by atoms with Crippen LogP contribution < -0.4 is 5.32 Å². The van der Waals surface area contributed by atoms with Gasteiger partial charge in [0.1, 0.15) is 11.5 Å². The van der Waals surface area contributed by atoms with E-state index >= 15 is 0 Å². The molecule has 0 atom stereocenters. The number of carbonyl (C=O) groups is 1. The quantitative estimate of drug-likeness (QED) is 0.511. The maximum absolute atomic E-state index is 12.6. The lowest BCUT2D eigenvalue weighted by atomic mass is 10.1. The second kappa shape index (κ2) is 8.55. The lowest BCUT2D eigenvalue weighted by Crippen LogP contribution is -2.24. The Kier molecular flexibility index (Phi) is 5.66. The summed E-state index contributed by atoms with van der Waals surface area (Å²) < 4.78 is 7.52. The summed E-state index contributed by atoms with van der Waals surface area (Å²) in [5.41, 5.74) is 6.07. The molecule has 158 valence electrons. The van der Waals surface area contributed by atoms with Crippen LogP contribution in [-0.4, -0.2) is 25.9 Å². The number of aromatic nitrogens is 4. The molecule has 0 aliphatic rings. The monoisotopic (exact) mass is 415 g/mol. The van der Waals surface area contributed by atoms with Crippen LogP contribution in [0.2, 0.25) is 0 Å². The molecule has 4 aromatic rings. The second-order valence-electron chi connectivity index (χ2n) is 7.74.